The number of fused-ring (bicyclic) bond motifs is 2. The number of aromatic amines is 1. The first-order chi connectivity index (χ1) is 15.2. The van der Waals surface area contributed by atoms with Gasteiger partial charge < -0.3 is 14.4 Å². The molecule has 10 heteroatoms. The number of nitrogens with one attached hydrogen (secondary N) is 1. The summed E-state index contributed by atoms with van der Waals surface area (Å²) in [5, 5.41) is 8.10. The van der Waals surface area contributed by atoms with Crippen molar-refractivity contribution in [3.05, 3.63) is 36.2 Å². The zero-order valence-corrected chi connectivity index (χ0v) is 17.9. The van der Waals surface area contributed by atoms with Crippen molar-refractivity contribution in [2.24, 2.45) is 0 Å². The lowest BCUT2D eigenvalue weighted by atomic mass is 10.1. The average molecular weight is 436 g/mol. The van der Waals surface area contributed by atoms with Gasteiger partial charge in [0.15, 0.2) is 11.6 Å². The molecule has 4 heterocycles. The molecule has 9 nitrogen and oxygen atoms in total. The second-order valence-electron chi connectivity index (χ2n) is 7.01. The van der Waals surface area contributed by atoms with Crippen LogP contribution in [0.4, 0.5) is 5.82 Å². The number of thioether (sulfide) groups is 1. The van der Waals surface area contributed by atoms with Crippen LogP contribution in [0.1, 0.15) is 10.5 Å². The molecule has 5 rings (SSSR count). The van der Waals surface area contributed by atoms with Crippen molar-refractivity contribution >= 4 is 45.5 Å². The van der Waals surface area contributed by atoms with E-state index >= 15 is 0 Å². The van der Waals surface area contributed by atoms with Gasteiger partial charge in [0.25, 0.3) is 0 Å². The molecule has 1 aliphatic rings. The topological polar surface area (TPSA) is 106 Å². The molecule has 0 bridgehead atoms. The van der Waals surface area contributed by atoms with E-state index in [-0.39, 0.29) is 5.69 Å². The molecule has 0 unspecified atom stereocenters. The van der Waals surface area contributed by atoms with Crippen LogP contribution >= 0.6 is 11.8 Å². The Bertz CT molecular complexity index is 1290. The normalized spacial score (nSPS) is 14.3. The fourth-order valence-electron chi connectivity index (χ4n) is 3.71. The molecular weight excluding hydrogens is 416 g/mol. The number of nitrogens with zero attached hydrogens (tertiary/aromatic N) is 5. The quantitative estimate of drug-likeness (QED) is 0.382. The molecule has 0 spiro atoms. The maximum Gasteiger partial charge on any atom is 0.356 e. The number of esters is 1. The van der Waals surface area contributed by atoms with Crippen LogP contribution in [0.15, 0.2) is 35.4 Å². The van der Waals surface area contributed by atoms with Gasteiger partial charge in [0.05, 0.1) is 32.0 Å². The number of carbonyl (C=O) groups excluding carboxylic acids is 1. The number of anilines is 1. The summed E-state index contributed by atoms with van der Waals surface area (Å²) in [6.07, 6.45) is 3.73. The van der Waals surface area contributed by atoms with Crippen molar-refractivity contribution in [2.75, 3.05) is 44.6 Å². The molecule has 31 heavy (non-hydrogen) atoms. The highest BCUT2D eigenvalue weighted by molar-refractivity contribution is 7.98. The van der Waals surface area contributed by atoms with Crippen molar-refractivity contribution < 1.29 is 14.3 Å². The second kappa shape index (κ2) is 8.12. The van der Waals surface area contributed by atoms with E-state index in [4.69, 9.17) is 19.4 Å². The van der Waals surface area contributed by atoms with Gasteiger partial charge in [0.2, 0.25) is 0 Å². The number of H-pyrrole nitrogens is 1. The summed E-state index contributed by atoms with van der Waals surface area (Å²) in [6, 6.07) is 7.62. The Hall–Kier alpha value is -3.24. The molecule has 0 atom stereocenters. The van der Waals surface area contributed by atoms with Gasteiger partial charge in [-0.05, 0) is 18.4 Å². The molecule has 0 amide bonds. The lowest BCUT2D eigenvalue weighted by Crippen LogP contribution is -2.37. The fourth-order valence-corrected chi connectivity index (χ4v) is 4.27. The van der Waals surface area contributed by atoms with Gasteiger partial charge in [-0.25, -0.2) is 19.7 Å². The number of ether oxygens (including phenoxy) is 2. The Morgan fingerprint density at radius 1 is 1.19 bits per heavy atom. The van der Waals surface area contributed by atoms with Crippen molar-refractivity contribution in [3.8, 4) is 11.4 Å². The first-order valence-corrected chi connectivity index (χ1v) is 11.0. The highest BCUT2D eigenvalue weighted by Gasteiger charge is 2.23. The van der Waals surface area contributed by atoms with Gasteiger partial charge in [-0.15, -0.1) is 11.8 Å². The van der Waals surface area contributed by atoms with E-state index in [1.54, 1.807) is 12.3 Å². The first-order valence-electron chi connectivity index (χ1n) is 9.80. The molecule has 3 aromatic heterocycles. The maximum atomic E-state index is 12.2. The van der Waals surface area contributed by atoms with Gasteiger partial charge in [0.1, 0.15) is 16.7 Å². The SMILES string of the molecule is COC(=O)c1cc(SC)c2nc(-c3cccc4[nH]ncc34)nc(N3CCOCC3)c2n1. The summed E-state index contributed by atoms with van der Waals surface area (Å²) < 4.78 is 10.4. The van der Waals surface area contributed by atoms with Crippen molar-refractivity contribution in [3.63, 3.8) is 0 Å². The van der Waals surface area contributed by atoms with Gasteiger partial charge in [-0.2, -0.15) is 5.10 Å². The number of benzene rings is 1. The summed E-state index contributed by atoms with van der Waals surface area (Å²) in [6.45, 7) is 2.56. The lowest BCUT2D eigenvalue weighted by Gasteiger charge is -2.28. The molecule has 1 aliphatic heterocycles. The highest BCUT2D eigenvalue weighted by atomic mass is 32.2. The summed E-state index contributed by atoms with van der Waals surface area (Å²) in [4.78, 5) is 29.6. The van der Waals surface area contributed by atoms with Gasteiger partial charge in [0, 0.05) is 28.9 Å². The van der Waals surface area contributed by atoms with E-state index in [2.05, 4.69) is 20.1 Å². The number of hydrogen-bond donors (Lipinski definition) is 1. The number of methoxy groups -OCH3 is 1. The van der Waals surface area contributed by atoms with E-state index in [1.165, 1.54) is 18.9 Å². The van der Waals surface area contributed by atoms with Gasteiger partial charge in [-0.3, -0.25) is 5.10 Å². The van der Waals surface area contributed by atoms with Crippen LogP contribution in [0.5, 0.6) is 0 Å². The number of morpholine rings is 1. The van der Waals surface area contributed by atoms with Gasteiger partial charge >= 0.3 is 5.97 Å². The Kier molecular flexibility index (Phi) is 5.16. The lowest BCUT2D eigenvalue weighted by molar-refractivity contribution is 0.0594. The van der Waals surface area contributed by atoms with Crippen LogP contribution in [-0.2, 0) is 9.47 Å². The van der Waals surface area contributed by atoms with E-state index in [1.807, 2.05) is 24.5 Å². The smallest absolute Gasteiger partial charge is 0.356 e. The number of pyridine rings is 1. The minimum absolute atomic E-state index is 0.238. The summed E-state index contributed by atoms with van der Waals surface area (Å²) in [5.41, 5.74) is 3.32. The third-order valence-electron chi connectivity index (χ3n) is 5.25. The Labute approximate surface area is 182 Å². The molecule has 0 saturated carbocycles. The zero-order chi connectivity index (χ0) is 21.4. The van der Waals surface area contributed by atoms with E-state index in [0.717, 1.165) is 21.4 Å². The largest absolute Gasteiger partial charge is 0.464 e. The molecule has 1 fully saturated rings. The average Bonchev–Trinajstić information content (AvgIpc) is 3.31. The van der Waals surface area contributed by atoms with Crippen molar-refractivity contribution in [1.29, 1.82) is 0 Å². The van der Waals surface area contributed by atoms with Crippen LogP contribution in [0.25, 0.3) is 33.3 Å². The van der Waals surface area contributed by atoms with Crippen molar-refractivity contribution in [1.82, 2.24) is 25.1 Å². The summed E-state index contributed by atoms with van der Waals surface area (Å²) in [5.74, 6) is 0.783. The molecule has 1 aromatic carbocycles. The van der Waals surface area contributed by atoms with Crippen LogP contribution in [0, 0.1) is 0 Å². The molecule has 158 valence electrons. The summed E-state index contributed by atoms with van der Waals surface area (Å²) >= 11 is 1.51. The molecular formula is C21H20N6O3S. The number of carbonyl (C=O) groups is 1. The number of rotatable bonds is 4. The Balaban J connectivity index is 1.80. The van der Waals surface area contributed by atoms with E-state index in [0.29, 0.717) is 49.0 Å². The Morgan fingerprint density at radius 2 is 2.03 bits per heavy atom. The zero-order valence-electron chi connectivity index (χ0n) is 17.1. The van der Waals surface area contributed by atoms with Crippen molar-refractivity contribution in [2.45, 2.75) is 4.90 Å². The van der Waals surface area contributed by atoms with Crippen LogP contribution < -0.4 is 4.90 Å². The van der Waals surface area contributed by atoms with Crippen LogP contribution in [0.3, 0.4) is 0 Å². The molecule has 1 saturated heterocycles. The fraction of sp³-hybridized carbons (Fsp3) is 0.286. The summed E-state index contributed by atoms with van der Waals surface area (Å²) in [7, 11) is 1.35. The first kappa shape index (κ1) is 19.7. The predicted molar refractivity (Wildman–Crippen MR) is 119 cm³/mol. The molecule has 4 aromatic rings. The Morgan fingerprint density at radius 3 is 2.81 bits per heavy atom. The maximum absolute atomic E-state index is 12.2. The predicted octanol–water partition coefficient (Wildman–Crippen LogP) is 2.91. The number of aromatic nitrogens is 5. The van der Waals surface area contributed by atoms with E-state index in [9.17, 15) is 4.79 Å². The third-order valence-corrected chi connectivity index (χ3v) is 6.00. The standard InChI is InChI=1S/C21H20N6O3S/c1-29-21(28)15-10-16(31-2)17-18(23-15)20(27-6-8-30-9-7-27)25-19(24-17)12-4-3-5-14-13(12)11-22-26-14/h3-5,10-11H,6-9H2,1-2H3,(H,22,26). The molecule has 1 N–H and O–H groups in total. The van der Waals surface area contributed by atoms with Gasteiger partial charge in [-0.1, -0.05) is 12.1 Å². The monoisotopic (exact) mass is 436 g/mol. The number of hydrogen-bond acceptors (Lipinski definition) is 9. The highest BCUT2D eigenvalue weighted by Crippen LogP contribution is 2.34. The van der Waals surface area contributed by atoms with Crippen LogP contribution in [-0.4, -0.2) is 70.8 Å². The third kappa shape index (κ3) is 3.47. The molecule has 0 radical (unpaired) electrons. The minimum Gasteiger partial charge on any atom is -0.464 e. The second-order valence-corrected chi connectivity index (χ2v) is 7.85. The molecule has 0 aliphatic carbocycles. The minimum atomic E-state index is -0.489. The van der Waals surface area contributed by atoms with E-state index < -0.39 is 5.97 Å². The van der Waals surface area contributed by atoms with Crippen LogP contribution in [0.2, 0.25) is 0 Å².